The molecule has 0 N–H and O–H groups in total. The number of rotatable bonds is 1. The van der Waals surface area contributed by atoms with Crippen LogP contribution in [0.5, 0.6) is 0 Å². The summed E-state index contributed by atoms with van der Waals surface area (Å²) in [6.07, 6.45) is 6.71. The van der Waals surface area contributed by atoms with E-state index in [4.69, 9.17) is 16.3 Å². The molecule has 0 spiro atoms. The van der Waals surface area contributed by atoms with Crippen LogP contribution in [0, 0.1) is 0 Å². The highest BCUT2D eigenvalue weighted by atomic mass is 35.5. The van der Waals surface area contributed by atoms with Crippen LogP contribution in [0.4, 0.5) is 4.79 Å². The molecule has 0 fully saturated rings. The lowest BCUT2D eigenvalue weighted by molar-refractivity contribution is 0.0266. The maximum absolute atomic E-state index is 12.0. The van der Waals surface area contributed by atoms with Gasteiger partial charge in [-0.05, 0) is 44.4 Å². The van der Waals surface area contributed by atoms with Gasteiger partial charge in [0.25, 0.3) is 0 Å². The van der Waals surface area contributed by atoms with Crippen molar-refractivity contribution in [3.63, 3.8) is 0 Å². The lowest BCUT2D eigenvalue weighted by Crippen LogP contribution is -2.39. The van der Waals surface area contributed by atoms with Crippen LogP contribution in [-0.2, 0) is 4.74 Å². The molecule has 0 radical (unpaired) electrons. The van der Waals surface area contributed by atoms with Crippen molar-refractivity contribution < 1.29 is 9.53 Å². The molecule has 0 saturated carbocycles. The van der Waals surface area contributed by atoms with Crippen molar-refractivity contribution in [2.45, 2.75) is 32.8 Å². The molecule has 116 valence electrons. The molecule has 0 atom stereocenters. The van der Waals surface area contributed by atoms with Gasteiger partial charge in [0.2, 0.25) is 0 Å². The van der Waals surface area contributed by atoms with Crippen molar-refractivity contribution in [2.24, 2.45) is 0 Å². The van der Waals surface area contributed by atoms with Gasteiger partial charge < -0.3 is 14.5 Å². The van der Waals surface area contributed by atoms with Crippen molar-refractivity contribution in [3.05, 3.63) is 34.5 Å². The van der Waals surface area contributed by atoms with Crippen molar-refractivity contribution in [1.82, 2.24) is 9.80 Å². The number of halogens is 1. The Kier molecular flexibility index (Phi) is 4.67. The minimum atomic E-state index is -0.447. The Morgan fingerprint density at radius 3 is 2.52 bits per heavy atom. The summed E-state index contributed by atoms with van der Waals surface area (Å²) in [5, 5.41) is 0.755. The molecule has 0 aromatic heterocycles. The maximum atomic E-state index is 12.0. The van der Waals surface area contributed by atoms with E-state index in [1.54, 1.807) is 4.90 Å². The topological polar surface area (TPSA) is 32.8 Å². The fourth-order valence-electron chi connectivity index (χ4n) is 2.34. The van der Waals surface area contributed by atoms with Gasteiger partial charge in [-0.2, -0.15) is 0 Å². The van der Waals surface area contributed by atoms with Crippen molar-refractivity contribution in [3.8, 4) is 0 Å². The zero-order chi connectivity index (χ0) is 15.6. The average Bonchev–Trinajstić information content (AvgIpc) is 2.40. The molecule has 0 aliphatic carbocycles. The number of amides is 1. The summed E-state index contributed by atoms with van der Waals surface area (Å²) in [4.78, 5) is 15.8. The Bertz CT molecular complexity index is 515. The second-order valence-electron chi connectivity index (χ2n) is 6.44. The van der Waals surface area contributed by atoms with Gasteiger partial charge in [0.05, 0.1) is 0 Å². The SMILES string of the molecule is CN1CC(C2=CCN(C(=O)OC(C)(C)C)CC2)=CC=C1Cl. The third-order valence-corrected chi connectivity index (χ3v) is 3.88. The van der Waals surface area contributed by atoms with E-state index < -0.39 is 5.60 Å². The molecule has 2 aliphatic rings. The fourth-order valence-corrected chi connectivity index (χ4v) is 2.46. The van der Waals surface area contributed by atoms with Crippen LogP contribution < -0.4 is 0 Å². The smallest absolute Gasteiger partial charge is 0.410 e. The van der Waals surface area contributed by atoms with Crippen LogP contribution in [0.3, 0.4) is 0 Å². The van der Waals surface area contributed by atoms with Gasteiger partial charge in [-0.25, -0.2) is 4.79 Å². The molecule has 0 bridgehead atoms. The summed E-state index contributed by atoms with van der Waals surface area (Å²) in [5.74, 6) is 0. The number of ether oxygens (including phenoxy) is 1. The van der Waals surface area contributed by atoms with Gasteiger partial charge >= 0.3 is 6.09 Å². The molecule has 5 heteroatoms. The molecule has 21 heavy (non-hydrogen) atoms. The van der Waals surface area contributed by atoms with Crippen molar-refractivity contribution >= 4 is 17.7 Å². The Morgan fingerprint density at radius 1 is 1.29 bits per heavy atom. The first-order valence-electron chi connectivity index (χ1n) is 7.21. The minimum Gasteiger partial charge on any atom is -0.444 e. The summed E-state index contributed by atoms with van der Waals surface area (Å²) in [6, 6.07) is 0. The van der Waals surface area contributed by atoms with E-state index in [1.807, 2.05) is 38.8 Å². The molecule has 4 nitrogen and oxygen atoms in total. The van der Waals surface area contributed by atoms with E-state index >= 15 is 0 Å². The second kappa shape index (κ2) is 6.14. The van der Waals surface area contributed by atoms with Gasteiger partial charge in [0.1, 0.15) is 10.8 Å². The Hall–Kier alpha value is -1.42. The normalized spacial score (nSPS) is 19.8. The first-order chi connectivity index (χ1) is 9.76. The summed E-state index contributed by atoms with van der Waals surface area (Å²) < 4.78 is 5.40. The number of hydrogen-bond donors (Lipinski definition) is 0. The van der Waals surface area contributed by atoms with Gasteiger partial charge in [0, 0.05) is 26.7 Å². The standard InChI is InChI=1S/C16H23ClN2O2/c1-16(2,3)21-15(20)19-9-7-12(8-10-19)13-5-6-14(17)18(4)11-13/h5-7H,8-11H2,1-4H3. The van der Waals surface area contributed by atoms with Gasteiger partial charge in [-0.1, -0.05) is 23.8 Å². The fraction of sp³-hybridized carbons (Fsp3) is 0.562. The molecular weight excluding hydrogens is 288 g/mol. The highest BCUT2D eigenvalue weighted by Gasteiger charge is 2.24. The van der Waals surface area contributed by atoms with Gasteiger partial charge in [-0.3, -0.25) is 0 Å². The molecule has 2 aliphatic heterocycles. The molecule has 0 saturated heterocycles. The van der Waals surface area contributed by atoms with Crippen LogP contribution in [-0.4, -0.2) is 48.2 Å². The zero-order valence-electron chi connectivity index (χ0n) is 13.1. The molecule has 2 heterocycles. The molecule has 0 aromatic rings. The minimum absolute atomic E-state index is 0.240. The third kappa shape index (κ3) is 4.27. The Morgan fingerprint density at radius 2 is 2.00 bits per heavy atom. The molecule has 0 unspecified atom stereocenters. The lowest BCUT2D eigenvalue weighted by Gasteiger charge is -2.31. The van der Waals surface area contributed by atoms with E-state index in [0.717, 1.165) is 18.1 Å². The van der Waals surface area contributed by atoms with Gasteiger partial charge in [0.15, 0.2) is 0 Å². The average molecular weight is 311 g/mol. The largest absolute Gasteiger partial charge is 0.444 e. The molecular formula is C16H23ClN2O2. The zero-order valence-corrected chi connectivity index (χ0v) is 13.9. The first kappa shape index (κ1) is 16.0. The monoisotopic (exact) mass is 310 g/mol. The van der Waals surface area contributed by atoms with Gasteiger partial charge in [-0.15, -0.1) is 0 Å². The predicted molar refractivity (Wildman–Crippen MR) is 85.2 cm³/mol. The van der Waals surface area contributed by atoms with Crippen LogP contribution in [0.2, 0.25) is 0 Å². The number of likely N-dealkylation sites (N-methyl/N-ethyl adjacent to an activating group) is 1. The summed E-state index contributed by atoms with van der Waals surface area (Å²) in [5.41, 5.74) is 2.12. The number of hydrogen-bond acceptors (Lipinski definition) is 3. The van der Waals surface area contributed by atoms with E-state index in [0.29, 0.717) is 13.1 Å². The first-order valence-corrected chi connectivity index (χ1v) is 7.59. The van der Waals surface area contributed by atoms with E-state index in [2.05, 4.69) is 12.2 Å². The predicted octanol–water partition coefficient (Wildman–Crippen LogP) is 3.51. The number of nitrogens with zero attached hydrogens (tertiary/aromatic N) is 2. The quantitative estimate of drug-likeness (QED) is 0.695. The highest BCUT2D eigenvalue weighted by Crippen LogP contribution is 2.25. The van der Waals surface area contributed by atoms with Crippen molar-refractivity contribution in [2.75, 3.05) is 26.7 Å². The van der Waals surface area contributed by atoms with Crippen LogP contribution >= 0.6 is 11.6 Å². The summed E-state index contributed by atoms with van der Waals surface area (Å²) in [6.45, 7) is 7.76. The van der Waals surface area contributed by atoms with Crippen LogP contribution in [0.1, 0.15) is 27.2 Å². The summed E-state index contributed by atoms with van der Waals surface area (Å²) in [7, 11) is 1.97. The lowest BCUT2D eigenvalue weighted by atomic mass is 9.97. The summed E-state index contributed by atoms with van der Waals surface area (Å²) >= 11 is 6.05. The number of allylic oxidation sites excluding steroid dienone is 2. The van der Waals surface area contributed by atoms with Crippen molar-refractivity contribution in [1.29, 1.82) is 0 Å². The van der Waals surface area contributed by atoms with E-state index in [1.165, 1.54) is 11.1 Å². The van der Waals surface area contributed by atoms with E-state index in [9.17, 15) is 4.79 Å². The Balaban J connectivity index is 1.98. The molecule has 2 rings (SSSR count). The Labute approximate surface area is 131 Å². The number of carbonyl (C=O) groups is 1. The highest BCUT2D eigenvalue weighted by molar-refractivity contribution is 6.29. The third-order valence-electron chi connectivity index (χ3n) is 3.47. The van der Waals surface area contributed by atoms with E-state index in [-0.39, 0.29) is 6.09 Å². The second-order valence-corrected chi connectivity index (χ2v) is 6.83. The van der Waals surface area contributed by atoms with Crippen LogP contribution in [0.15, 0.2) is 34.5 Å². The van der Waals surface area contributed by atoms with Crippen LogP contribution in [0.25, 0.3) is 0 Å². The molecule has 1 amide bonds. The maximum Gasteiger partial charge on any atom is 0.410 e. The number of carbonyl (C=O) groups excluding carboxylic acids is 1. The molecule has 0 aromatic carbocycles.